The Morgan fingerprint density at radius 1 is 0.960 bits per heavy atom. The Morgan fingerprint density at radius 3 is 2.32 bits per heavy atom. The molecule has 25 heavy (non-hydrogen) atoms. The standard InChI is InChI=1S/C21H17F3O/c1-3-4-5-13-6-8-14(9-7-13)16-11-10-15-12-17(25-2)20(23)21(24)18(15)19(16)22/h3,6-12H,1,4-5H2,2H3. The molecule has 0 aliphatic rings. The maximum absolute atomic E-state index is 14.9. The number of benzene rings is 3. The highest BCUT2D eigenvalue weighted by Gasteiger charge is 2.19. The maximum Gasteiger partial charge on any atom is 0.201 e. The zero-order valence-corrected chi connectivity index (χ0v) is 13.8. The molecule has 1 nitrogen and oxygen atoms in total. The highest BCUT2D eigenvalue weighted by molar-refractivity contribution is 5.90. The quantitative estimate of drug-likeness (QED) is 0.513. The van der Waals surface area contributed by atoms with Gasteiger partial charge in [-0.1, -0.05) is 42.5 Å². The molecule has 0 bridgehead atoms. The second-order valence-corrected chi connectivity index (χ2v) is 5.76. The molecule has 0 heterocycles. The molecule has 0 aromatic heterocycles. The van der Waals surface area contributed by atoms with E-state index in [1.54, 1.807) is 24.3 Å². The molecule has 3 rings (SSSR count). The normalized spacial score (nSPS) is 10.9. The van der Waals surface area contributed by atoms with Gasteiger partial charge in [-0.2, -0.15) is 4.39 Å². The zero-order chi connectivity index (χ0) is 18.0. The first kappa shape index (κ1) is 17.1. The minimum atomic E-state index is -1.24. The molecule has 0 saturated heterocycles. The number of ether oxygens (including phenoxy) is 1. The Balaban J connectivity index is 2.10. The van der Waals surface area contributed by atoms with Gasteiger partial charge in [-0.05, 0) is 35.4 Å². The third kappa shape index (κ3) is 3.12. The Bertz CT molecular complexity index is 930. The summed E-state index contributed by atoms with van der Waals surface area (Å²) in [6.45, 7) is 3.68. The fourth-order valence-electron chi connectivity index (χ4n) is 2.85. The fraction of sp³-hybridized carbons (Fsp3) is 0.143. The van der Waals surface area contributed by atoms with E-state index in [2.05, 4.69) is 6.58 Å². The summed E-state index contributed by atoms with van der Waals surface area (Å²) in [4.78, 5) is 0. The Hall–Kier alpha value is -2.75. The van der Waals surface area contributed by atoms with Gasteiger partial charge in [0.2, 0.25) is 5.82 Å². The number of halogens is 3. The van der Waals surface area contributed by atoms with Crippen molar-refractivity contribution in [3.63, 3.8) is 0 Å². The largest absolute Gasteiger partial charge is 0.494 e. The maximum atomic E-state index is 14.9. The van der Waals surface area contributed by atoms with Gasteiger partial charge in [-0.25, -0.2) is 8.78 Å². The molecular weight excluding hydrogens is 325 g/mol. The van der Waals surface area contributed by atoms with E-state index in [1.807, 2.05) is 18.2 Å². The van der Waals surface area contributed by atoms with Crippen LogP contribution in [0.3, 0.4) is 0 Å². The smallest absolute Gasteiger partial charge is 0.201 e. The minimum Gasteiger partial charge on any atom is -0.494 e. The molecule has 0 amide bonds. The third-order valence-electron chi connectivity index (χ3n) is 4.21. The van der Waals surface area contributed by atoms with Crippen LogP contribution in [0.15, 0.2) is 55.1 Å². The lowest BCUT2D eigenvalue weighted by Crippen LogP contribution is -1.97. The average molecular weight is 342 g/mol. The summed E-state index contributed by atoms with van der Waals surface area (Å²) in [5, 5.41) is -0.119. The van der Waals surface area contributed by atoms with E-state index in [4.69, 9.17) is 4.74 Å². The number of hydrogen-bond acceptors (Lipinski definition) is 1. The number of aryl methyl sites for hydroxylation is 1. The van der Waals surface area contributed by atoms with Gasteiger partial charge in [-0.3, -0.25) is 0 Å². The summed E-state index contributed by atoms with van der Waals surface area (Å²) >= 11 is 0. The summed E-state index contributed by atoms with van der Waals surface area (Å²) in [7, 11) is 1.24. The monoisotopic (exact) mass is 342 g/mol. The van der Waals surface area contributed by atoms with Crippen LogP contribution in [-0.4, -0.2) is 7.11 Å². The van der Waals surface area contributed by atoms with Gasteiger partial charge >= 0.3 is 0 Å². The molecule has 128 valence electrons. The lowest BCUT2D eigenvalue weighted by Gasteiger charge is -2.11. The lowest BCUT2D eigenvalue weighted by atomic mass is 9.98. The van der Waals surface area contributed by atoms with Crippen molar-refractivity contribution in [2.24, 2.45) is 0 Å². The molecule has 0 N–H and O–H groups in total. The van der Waals surface area contributed by atoms with Gasteiger partial charge in [-0.15, -0.1) is 6.58 Å². The van der Waals surface area contributed by atoms with E-state index >= 15 is 0 Å². The second-order valence-electron chi connectivity index (χ2n) is 5.76. The molecule has 0 fully saturated rings. The van der Waals surface area contributed by atoms with Gasteiger partial charge in [0.1, 0.15) is 5.82 Å². The van der Waals surface area contributed by atoms with Gasteiger partial charge in [0.05, 0.1) is 12.5 Å². The van der Waals surface area contributed by atoms with Crippen LogP contribution in [0.5, 0.6) is 5.75 Å². The van der Waals surface area contributed by atoms with Crippen LogP contribution in [-0.2, 0) is 6.42 Å². The number of hydrogen-bond donors (Lipinski definition) is 0. The van der Waals surface area contributed by atoms with Crippen LogP contribution in [0, 0.1) is 17.5 Å². The van der Waals surface area contributed by atoms with Crippen LogP contribution in [0.25, 0.3) is 21.9 Å². The Morgan fingerprint density at radius 2 is 1.68 bits per heavy atom. The lowest BCUT2D eigenvalue weighted by molar-refractivity contribution is 0.374. The molecule has 4 heteroatoms. The van der Waals surface area contributed by atoms with Crippen LogP contribution < -0.4 is 4.74 Å². The summed E-state index contributed by atoms with van der Waals surface area (Å²) in [6, 6.07) is 11.8. The predicted octanol–water partition coefficient (Wildman–Crippen LogP) is 6.05. The molecule has 0 spiro atoms. The zero-order valence-electron chi connectivity index (χ0n) is 13.8. The molecule has 3 aromatic rings. The highest BCUT2D eigenvalue weighted by atomic mass is 19.2. The van der Waals surface area contributed by atoms with Crippen molar-refractivity contribution in [1.29, 1.82) is 0 Å². The average Bonchev–Trinajstić information content (AvgIpc) is 2.63. The molecule has 0 aliphatic heterocycles. The van der Waals surface area contributed by atoms with E-state index in [9.17, 15) is 13.2 Å². The third-order valence-corrected chi connectivity index (χ3v) is 4.21. The predicted molar refractivity (Wildman–Crippen MR) is 94.3 cm³/mol. The van der Waals surface area contributed by atoms with Crippen molar-refractivity contribution in [2.75, 3.05) is 7.11 Å². The first-order chi connectivity index (χ1) is 12.1. The van der Waals surface area contributed by atoms with E-state index < -0.39 is 17.5 Å². The van der Waals surface area contributed by atoms with Crippen molar-refractivity contribution >= 4 is 10.8 Å². The van der Waals surface area contributed by atoms with Crippen molar-refractivity contribution in [1.82, 2.24) is 0 Å². The van der Waals surface area contributed by atoms with Crippen LogP contribution in [0.1, 0.15) is 12.0 Å². The minimum absolute atomic E-state index is 0.228. The summed E-state index contributed by atoms with van der Waals surface area (Å²) in [5.74, 6) is -3.46. The summed E-state index contributed by atoms with van der Waals surface area (Å²) in [5.41, 5.74) is 1.94. The number of fused-ring (bicyclic) bond motifs is 1. The number of allylic oxidation sites excluding steroid dienone is 1. The molecule has 0 unspecified atom stereocenters. The Labute approximate surface area is 144 Å². The van der Waals surface area contributed by atoms with Crippen LogP contribution >= 0.6 is 0 Å². The van der Waals surface area contributed by atoms with E-state index in [-0.39, 0.29) is 22.1 Å². The van der Waals surface area contributed by atoms with Gasteiger partial charge in [0.25, 0.3) is 0 Å². The van der Waals surface area contributed by atoms with Crippen LogP contribution in [0.4, 0.5) is 13.2 Å². The fourth-order valence-corrected chi connectivity index (χ4v) is 2.85. The SMILES string of the molecule is C=CCCc1ccc(-c2ccc3cc(OC)c(F)c(F)c3c2F)cc1. The number of rotatable bonds is 5. The molecule has 0 radical (unpaired) electrons. The first-order valence-electron chi connectivity index (χ1n) is 7.91. The van der Waals surface area contributed by atoms with Crippen molar-refractivity contribution in [2.45, 2.75) is 12.8 Å². The van der Waals surface area contributed by atoms with E-state index in [0.717, 1.165) is 18.4 Å². The van der Waals surface area contributed by atoms with E-state index in [0.29, 0.717) is 5.56 Å². The molecule has 0 saturated carbocycles. The Kier molecular flexibility index (Phi) is 4.79. The van der Waals surface area contributed by atoms with Crippen molar-refractivity contribution in [3.05, 3.63) is 78.1 Å². The molecule has 0 atom stereocenters. The second kappa shape index (κ2) is 7.01. The van der Waals surface area contributed by atoms with Gasteiger partial charge in [0.15, 0.2) is 11.6 Å². The molecular formula is C21H17F3O. The highest BCUT2D eigenvalue weighted by Crippen LogP contribution is 2.34. The van der Waals surface area contributed by atoms with Crippen molar-refractivity contribution < 1.29 is 17.9 Å². The van der Waals surface area contributed by atoms with E-state index in [1.165, 1.54) is 13.2 Å². The molecule has 3 aromatic carbocycles. The van der Waals surface area contributed by atoms with Gasteiger partial charge in [0, 0.05) is 5.56 Å². The van der Waals surface area contributed by atoms with Crippen LogP contribution in [0.2, 0.25) is 0 Å². The topological polar surface area (TPSA) is 9.23 Å². The van der Waals surface area contributed by atoms with Crippen molar-refractivity contribution in [3.8, 4) is 16.9 Å². The number of methoxy groups -OCH3 is 1. The van der Waals surface area contributed by atoms with Gasteiger partial charge < -0.3 is 4.74 Å². The summed E-state index contributed by atoms with van der Waals surface area (Å²) < 4.78 is 47.9. The summed E-state index contributed by atoms with van der Waals surface area (Å²) in [6.07, 6.45) is 3.54. The molecule has 0 aliphatic carbocycles. The first-order valence-corrected chi connectivity index (χ1v) is 7.91.